The zero-order valence-electron chi connectivity index (χ0n) is 8.64. The number of aromatic carboxylic acids is 1. The molecule has 1 aliphatic carbocycles. The van der Waals surface area contributed by atoms with Crippen LogP contribution in [-0.2, 0) is 4.79 Å². The molecule has 1 fully saturated rings. The predicted molar refractivity (Wildman–Crippen MR) is 57.2 cm³/mol. The van der Waals surface area contributed by atoms with Crippen LogP contribution >= 0.6 is 0 Å². The SMILES string of the molecule is O=C(CC1CC1)Nc1cccnc1C(=O)O. The van der Waals surface area contributed by atoms with E-state index in [1.165, 1.54) is 6.20 Å². The van der Waals surface area contributed by atoms with Crippen LogP contribution in [0.25, 0.3) is 0 Å². The Morgan fingerprint density at radius 3 is 2.88 bits per heavy atom. The molecule has 1 amide bonds. The van der Waals surface area contributed by atoms with Crippen molar-refractivity contribution in [1.29, 1.82) is 0 Å². The number of nitrogens with one attached hydrogen (secondary N) is 1. The summed E-state index contributed by atoms with van der Waals surface area (Å²) in [5.74, 6) is -0.801. The van der Waals surface area contributed by atoms with Gasteiger partial charge in [0, 0.05) is 12.6 Å². The number of carboxylic acid groups (broad SMARTS) is 1. The van der Waals surface area contributed by atoms with Gasteiger partial charge < -0.3 is 10.4 Å². The molecule has 0 atom stereocenters. The molecule has 0 spiro atoms. The van der Waals surface area contributed by atoms with Crippen LogP contribution in [0.2, 0.25) is 0 Å². The second kappa shape index (κ2) is 4.30. The molecule has 1 heterocycles. The van der Waals surface area contributed by atoms with E-state index in [9.17, 15) is 9.59 Å². The Bertz CT molecular complexity index is 427. The summed E-state index contributed by atoms with van der Waals surface area (Å²) in [5, 5.41) is 11.4. The molecule has 1 aromatic heterocycles. The summed E-state index contributed by atoms with van der Waals surface area (Å²) in [6, 6.07) is 3.14. The zero-order valence-corrected chi connectivity index (χ0v) is 8.64. The van der Waals surface area contributed by atoms with E-state index in [0.717, 1.165) is 12.8 Å². The first-order chi connectivity index (χ1) is 7.66. The molecule has 0 aliphatic heterocycles. The molecule has 5 nitrogen and oxygen atoms in total. The molecular formula is C11H12N2O3. The number of hydrogen-bond donors (Lipinski definition) is 2. The molecule has 2 rings (SSSR count). The van der Waals surface area contributed by atoms with Crippen LogP contribution in [-0.4, -0.2) is 22.0 Å². The van der Waals surface area contributed by atoms with Crippen molar-refractivity contribution in [3.8, 4) is 0 Å². The minimum atomic E-state index is -1.14. The van der Waals surface area contributed by atoms with Gasteiger partial charge in [0.1, 0.15) is 0 Å². The molecule has 0 aromatic carbocycles. The first-order valence-electron chi connectivity index (χ1n) is 5.15. The molecule has 0 bridgehead atoms. The van der Waals surface area contributed by atoms with E-state index in [0.29, 0.717) is 12.3 Å². The molecule has 0 radical (unpaired) electrons. The predicted octanol–water partition coefficient (Wildman–Crippen LogP) is 1.52. The molecule has 16 heavy (non-hydrogen) atoms. The van der Waals surface area contributed by atoms with Crippen molar-refractivity contribution in [2.45, 2.75) is 19.3 Å². The number of amides is 1. The minimum Gasteiger partial charge on any atom is -0.476 e. The number of carbonyl (C=O) groups excluding carboxylic acids is 1. The molecule has 0 saturated heterocycles. The summed E-state index contributed by atoms with van der Waals surface area (Å²) in [6.45, 7) is 0. The number of hydrogen-bond acceptors (Lipinski definition) is 3. The lowest BCUT2D eigenvalue weighted by atomic mass is 10.2. The van der Waals surface area contributed by atoms with Gasteiger partial charge in [0.2, 0.25) is 5.91 Å². The number of rotatable bonds is 4. The van der Waals surface area contributed by atoms with E-state index in [4.69, 9.17) is 5.11 Å². The highest BCUT2D eigenvalue weighted by molar-refractivity contribution is 5.99. The van der Waals surface area contributed by atoms with Crippen LogP contribution in [0, 0.1) is 5.92 Å². The van der Waals surface area contributed by atoms with Crippen LogP contribution in [0.4, 0.5) is 5.69 Å². The quantitative estimate of drug-likeness (QED) is 0.806. The van der Waals surface area contributed by atoms with Gasteiger partial charge in [-0.25, -0.2) is 9.78 Å². The second-order valence-electron chi connectivity index (χ2n) is 3.90. The first-order valence-corrected chi connectivity index (χ1v) is 5.15. The van der Waals surface area contributed by atoms with Crippen LogP contribution < -0.4 is 5.32 Å². The van der Waals surface area contributed by atoms with Gasteiger partial charge in [-0.2, -0.15) is 0 Å². The fraction of sp³-hybridized carbons (Fsp3) is 0.364. The third-order valence-corrected chi connectivity index (χ3v) is 2.46. The Hall–Kier alpha value is -1.91. The average molecular weight is 220 g/mol. The summed E-state index contributed by atoms with van der Waals surface area (Å²) in [5.41, 5.74) is 0.146. The van der Waals surface area contributed by atoms with E-state index in [-0.39, 0.29) is 17.3 Å². The Balaban J connectivity index is 2.07. The van der Waals surface area contributed by atoms with Crippen molar-refractivity contribution in [1.82, 2.24) is 4.98 Å². The maximum atomic E-state index is 11.5. The largest absolute Gasteiger partial charge is 0.476 e. The number of nitrogens with zero attached hydrogens (tertiary/aromatic N) is 1. The highest BCUT2D eigenvalue weighted by Crippen LogP contribution is 2.32. The van der Waals surface area contributed by atoms with Gasteiger partial charge in [-0.3, -0.25) is 4.79 Å². The number of aromatic nitrogens is 1. The highest BCUT2D eigenvalue weighted by Gasteiger charge is 2.25. The lowest BCUT2D eigenvalue weighted by Gasteiger charge is -2.06. The Labute approximate surface area is 92.5 Å². The lowest BCUT2D eigenvalue weighted by Crippen LogP contribution is -2.15. The van der Waals surface area contributed by atoms with Crippen molar-refractivity contribution >= 4 is 17.6 Å². The zero-order chi connectivity index (χ0) is 11.5. The summed E-state index contributed by atoms with van der Waals surface area (Å²) >= 11 is 0. The number of anilines is 1. The second-order valence-corrected chi connectivity index (χ2v) is 3.90. The van der Waals surface area contributed by atoms with Crippen molar-refractivity contribution in [2.24, 2.45) is 5.92 Å². The standard InChI is InChI=1S/C11H12N2O3/c14-9(6-7-3-4-7)13-8-2-1-5-12-10(8)11(15)16/h1-2,5,7H,3-4,6H2,(H,13,14)(H,15,16). The molecule has 5 heteroatoms. The third-order valence-electron chi connectivity index (χ3n) is 2.46. The van der Waals surface area contributed by atoms with Crippen molar-refractivity contribution in [2.75, 3.05) is 5.32 Å². The van der Waals surface area contributed by atoms with E-state index in [1.54, 1.807) is 12.1 Å². The molecule has 1 aliphatic rings. The molecular weight excluding hydrogens is 208 g/mol. The molecule has 0 unspecified atom stereocenters. The minimum absolute atomic E-state index is 0.119. The fourth-order valence-corrected chi connectivity index (χ4v) is 1.46. The van der Waals surface area contributed by atoms with Gasteiger partial charge in [-0.1, -0.05) is 0 Å². The Kier molecular flexibility index (Phi) is 2.85. The van der Waals surface area contributed by atoms with Crippen molar-refractivity contribution < 1.29 is 14.7 Å². The van der Waals surface area contributed by atoms with E-state index < -0.39 is 5.97 Å². The Morgan fingerprint density at radius 2 is 2.25 bits per heavy atom. The van der Waals surface area contributed by atoms with Gasteiger partial charge in [0.05, 0.1) is 5.69 Å². The molecule has 84 valence electrons. The van der Waals surface area contributed by atoms with Gasteiger partial charge >= 0.3 is 5.97 Å². The highest BCUT2D eigenvalue weighted by atomic mass is 16.4. The number of carboxylic acids is 1. The maximum Gasteiger partial charge on any atom is 0.356 e. The van der Waals surface area contributed by atoms with Crippen LogP contribution in [0.15, 0.2) is 18.3 Å². The first kappa shape index (κ1) is 10.6. The topological polar surface area (TPSA) is 79.3 Å². The van der Waals surface area contributed by atoms with E-state index in [1.807, 2.05) is 0 Å². The van der Waals surface area contributed by atoms with Crippen molar-refractivity contribution in [3.63, 3.8) is 0 Å². The van der Waals surface area contributed by atoms with Gasteiger partial charge in [0.25, 0.3) is 0 Å². The van der Waals surface area contributed by atoms with Gasteiger partial charge in [-0.05, 0) is 30.9 Å². The van der Waals surface area contributed by atoms with Gasteiger partial charge in [-0.15, -0.1) is 0 Å². The molecule has 1 saturated carbocycles. The van der Waals surface area contributed by atoms with E-state index >= 15 is 0 Å². The lowest BCUT2D eigenvalue weighted by molar-refractivity contribution is -0.116. The number of carbonyl (C=O) groups is 2. The maximum absolute atomic E-state index is 11.5. The summed E-state index contributed by atoms with van der Waals surface area (Å²) < 4.78 is 0. The summed E-state index contributed by atoms with van der Waals surface area (Å²) in [6.07, 6.45) is 4.03. The summed E-state index contributed by atoms with van der Waals surface area (Å²) in [4.78, 5) is 26.0. The van der Waals surface area contributed by atoms with Crippen LogP contribution in [0.1, 0.15) is 29.8 Å². The third kappa shape index (κ3) is 2.56. The van der Waals surface area contributed by atoms with Crippen LogP contribution in [0.5, 0.6) is 0 Å². The average Bonchev–Trinajstić information content (AvgIpc) is 3.02. The smallest absolute Gasteiger partial charge is 0.356 e. The molecule has 1 aromatic rings. The Morgan fingerprint density at radius 1 is 1.50 bits per heavy atom. The monoisotopic (exact) mass is 220 g/mol. The number of pyridine rings is 1. The summed E-state index contributed by atoms with van der Waals surface area (Å²) in [7, 11) is 0. The molecule has 2 N–H and O–H groups in total. The van der Waals surface area contributed by atoms with Crippen LogP contribution in [0.3, 0.4) is 0 Å². The van der Waals surface area contributed by atoms with Gasteiger partial charge in [0.15, 0.2) is 5.69 Å². The van der Waals surface area contributed by atoms with E-state index in [2.05, 4.69) is 10.3 Å². The fourth-order valence-electron chi connectivity index (χ4n) is 1.46. The van der Waals surface area contributed by atoms with Crippen molar-refractivity contribution in [3.05, 3.63) is 24.0 Å². The normalized spacial score (nSPS) is 14.5.